The molecule has 0 saturated heterocycles. The largest absolute Gasteiger partial charge is 0.207 e. The summed E-state index contributed by atoms with van der Waals surface area (Å²) in [6.45, 7) is 30.4. The zero-order chi connectivity index (χ0) is 39.1. The average molecular weight is 765 g/mol. The molecule has 0 saturated carbocycles. The van der Waals surface area contributed by atoms with Gasteiger partial charge in [0.25, 0.3) is 0 Å². The molecule has 0 fully saturated rings. The molecule has 6 aromatic carbocycles. The quantitative estimate of drug-likeness (QED) is 0.144. The summed E-state index contributed by atoms with van der Waals surface area (Å²) in [7, 11) is 0. The van der Waals surface area contributed by atoms with Crippen molar-refractivity contribution in [3.8, 4) is 0 Å². The molecule has 56 heavy (non-hydrogen) atoms. The lowest BCUT2D eigenvalue weighted by molar-refractivity contribution is 0.572. The number of halogens is 2. The highest BCUT2D eigenvalue weighted by molar-refractivity contribution is 5.87. The molecule has 0 atom stereocenters. The number of fused-ring (bicyclic) bond motifs is 2. The van der Waals surface area contributed by atoms with Crippen LogP contribution < -0.4 is 0 Å². The second kappa shape index (κ2) is 21.9. The van der Waals surface area contributed by atoms with Crippen LogP contribution in [-0.4, -0.2) is 0 Å². The summed E-state index contributed by atoms with van der Waals surface area (Å²) in [5.74, 6) is -0.310. The number of hydrogen-bond acceptors (Lipinski definition) is 0. The van der Waals surface area contributed by atoms with Crippen LogP contribution in [0.5, 0.6) is 0 Å². The lowest BCUT2D eigenvalue weighted by Crippen LogP contribution is -2.11. The van der Waals surface area contributed by atoms with E-state index in [-0.39, 0.29) is 63.0 Å². The Bertz CT molecular complexity index is 1900. The van der Waals surface area contributed by atoms with Gasteiger partial charge in [-0.2, -0.15) is 0 Å². The highest BCUT2D eigenvalue weighted by Gasteiger charge is 2.16. The van der Waals surface area contributed by atoms with Crippen molar-refractivity contribution in [2.45, 2.75) is 148 Å². The highest BCUT2D eigenvalue weighted by Crippen LogP contribution is 2.30. The third kappa shape index (κ3) is 16.0. The second-order valence-electron chi connectivity index (χ2n) is 18.0. The van der Waals surface area contributed by atoms with Gasteiger partial charge in [0, 0.05) is 0 Å². The van der Waals surface area contributed by atoms with Crippen LogP contribution in [0.2, 0.25) is 0 Å². The van der Waals surface area contributed by atoms with E-state index in [1.54, 1.807) is 24.3 Å². The van der Waals surface area contributed by atoms with E-state index < -0.39 is 0 Å². The fraction of sp³-hybridized carbons (Fsp3) is 0.407. The van der Waals surface area contributed by atoms with Gasteiger partial charge in [0.15, 0.2) is 0 Å². The lowest BCUT2D eigenvalue weighted by Gasteiger charge is -2.20. The van der Waals surface area contributed by atoms with Crippen molar-refractivity contribution in [3.05, 3.63) is 166 Å². The first-order valence-electron chi connectivity index (χ1n) is 18.5. The molecule has 0 nitrogen and oxygen atoms in total. The van der Waals surface area contributed by atoms with Crippen molar-refractivity contribution in [1.82, 2.24) is 0 Å². The van der Waals surface area contributed by atoms with E-state index >= 15 is 0 Å². The molecule has 0 spiro atoms. The predicted molar refractivity (Wildman–Crippen MR) is 252 cm³/mol. The molecule has 0 aliphatic rings. The number of aryl methyl sites for hydroxylation is 2. The molecular formula is C54H78F2. The second-order valence-corrected chi connectivity index (χ2v) is 18.0. The third-order valence-corrected chi connectivity index (χ3v) is 9.25. The van der Waals surface area contributed by atoms with Gasteiger partial charge in [0.05, 0.1) is 0 Å². The van der Waals surface area contributed by atoms with Crippen LogP contribution in [0, 0.1) is 25.5 Å². The van der Waals surface area contributed by atoms with Crippen molar-refractivity contribution in [3.63, 3.8) is 0 Å². The Balaban J connectivity index is 0. The molecule has 2 heteroatoms. The van der Waals surface area contributed by atoms with Crippen molar-refractivity contribution >= 4 is 21.5 Å². The monoisotopic (exact) mass is 765 g/mol. The molecule has 0 radical (unpaired) electrons. The number of rotatable bonds is 0. The van der Waals surface area contributed by atoms with Crippen LogP contribution >= 0.6 is 0 Å². The minimum absolute atomic E-state index is 0. The van der Waals surface area contributed by atoms with E-state index in [4.69, 9.17) is 0 Å². The molecule has 0 aliphatic heterocycles. The Morgan fingerprint density at radius 1 is 0.321 bits per heavy atom. The van der Waals surface area contributed by atoms with E-state index in [1.165, 1.54) is 55.9 Å². The Morgan fingerprint density at radius 3 is 0.857 bits per heavy atom. The molecule has 6 rings (SSSR count). The van der Waals surface area contributed by atoms with Gasteiger partial charge in [0.1, 0.15) is 11.6 Å². The molecule has 308 valence electrons. The van der Waals surface area contributed by atoms with Gasteiger partial charge in [-0.15, -0.1) is 0 Å². The maximum Gasteiger partial charge on any atom is 0.123 e. The molecule has 0 aromatic heterocycles. The Kier molecular flexibility index (Phi) is 21.0. The lowest BCUT2D eigenvalue weighted by atomic mass is 9.84. The van der Waals surface area contributed by atoms with Crippen LogP contribution in [0.15, 0.2) is 121 Å². The third-order valence-electron chi connectivity index (χ3n) is 9.25. The van der Waals surface area contributed by atoms with E-state index in [0.717, 1.165) is 11.1 Å². The zero-order valence-electron chi connectivity index (χ0n) is 34.3. The van der Waals surface area contributed by atoms with Gasteiger partial charge in [0.2, 0.25) is 0 Å². The van der Waals surface area contributed by atoms with Crippen LogP contribution in [0.4, 0.5) is 8.78 Å². The van der Waals surface area contributed by atoms with Gasteiger partial charge in [-0.25, -0.2) is 8.78 Å². The maximum atomic E-state index is 12.7. The Morgan fingerprint density at radius 2 is 0.607 bits per heavy atom. The van der Waals surface area contributed by atoms with Gasteiger partial charge in [-0.1, -0.05) is 210 Å². The molecule has 0 aliphatic carbocycles. The fourth-order valence-corrected chi connectivity index (χ4v) is 5.78. The van der Waals surface area contributed by atoms with Crippen molar-refractivity contribution < 1.29 is 8.78 Å². The molecule has 0 amide bonds. The molecule has 6 aromatic rings. The summed E-state index contributed by atoms with van der Waals surface area (Å²) in [4.78, 5) is 0. The van der Waals surface area contributed by atoms with E-state index in [0.29, 0.717) is 0 Å². The first-order valence-corrected chi connectivity index (χ1v) is 18.5. The summed E-state index contributed by atoms with van der Waals surface area (Å²) >= 11 is 0. The van der Waals surface area contributed by atoms with Crippen LogP contribution in [-0.2, 0) is 21.7 Å². The maximum absolute atomic E-state index is 12.7. The number of benzene rings is 6. The zero-order valence-corrected chi connectivity index (χ0v) is 34.3. The first kappa shape index (κ1) is 53.8. The van der Waals surface area contributed by atoms with Crippen LogP contribution in [0.25, 0.3) is 21.5 Å². The molecule has 0 bridgehead atoms. The van der Waals surface area contributed by atoms with Gasteiger partial charge in [-0.05, 0) is 115 Å². The minimum Gasteiger partial charge on any atom is -0.207 e. The normalized spacial score (nSPS) is 11.0. The van der Waals surface area contributed by atoms with Gasteiger partial charge >= 0.3 is 0 Å². The van der Waals surface area contributed by atoms with Gasteiger partial charge in [-0.3, -0.25) is 0 Å². The van der Waals surface area contributed by atoms with Crippen molar-refractivity contribution in [2.24, 2.45) is 0 Å². The molecule has 0 unspecified atom stereocenters. The standard InChI is InChI=1S/2C15H18.2C10H13F.4CH4/c2*1-11-9-13(15(2,3)4)10-12-7-5-6-8-14(11)12;2*1-10(2,3)8-5-4-6-9(11)7-8;;;;/h2*5-10H,1-4H3;2*4-7H,1-3H3;4*1H4. The molecular weight excluding hydrogens is 687 g/mol. The SMILES string of the molecule is C.C.C.C.CC(C)(C)c1cccc(F)c1.CC(C)(C)c1cccc(F)c1.Cc1cc(C(C)(C)C)cc2ccccc12.Cc1cc(C(C)(C)C)cc2ccccc12. The average Bonchev–Trinajstić information content (AvgIpc) is 3.04. The van der Waals surface area contributed by atoms with Crippen molar-refractivity contribution in [2.75, 3.05) is 0 Å². The molecule has 0 heterocycles. The highest BCUT2D eigenvalue weighted by atomic mass is 19.1. The molecule has 0 N–H and O–H groups in total. The van der Waals surface area contributed by atoms with Gasteiger partial charge < -0.3 is 0 Å². The fourth-order valence-electron chi connectivity index (χ4n) is 5.78. The summed E-state index contributed by atoms with van der Waals surface area (Å²) in [6, 6.07) is 39.9. The number of hydrogen-bond donors (Lipinski definition) is 0. The first-order chi connectivity index (χ1) is 24.0. The topological polar surface area (TPSA) is 0 Å². The smallest absolute Gasteiger partial charge is 0.123 e. The minimum atomic E-state index is -0.155. The summed E-state index contributed by atoms with van der Waals surface area (Å²) in [5, 5.41) is 5.43. The van der Waals surface area contributed by atoms with E-state index in [9.17, 15) is 8.78 Å². The van der Waals surface area contributed by atoms with Crippen molar-refractivity contribution in [1.29, 1.82) is 0 Å². The predicted octanol–water partition coefficient (Wildman–Crippen LogP) is 17.7. The Hall–Kier alpha value is -4.30. The summed E-state index contributed by atoms with van der Waals surface area (Å²) in [6.07, 6.45) is 0. The van der Waals surface area contributed by atoms with E-state index in [1.807, 2.05) is 12.1 Å². The van der Waals surface area contributed by atoms with Crippen LogP contribution in [0.3, 0.4) is 0 Å². The van der Waals surface area contributed by atoms with Crippen LogP contribution in [0.1, 0.15) is 146 Å². The summed E-state index contributed by atoms with van der Waals surface area (Å²) in [5.41, 5.74) is 8.21. The Labute approximate surface area is 343 Å². The summed E-state index contributed by atoms with van der Waals surface area (Å²) < 4.78 is 25.4. The van der Waals surface area contributed by atoms with E-state index in [2.05, 4.69) is 170 Å².